The Bertz CT molecular complexity index is 565. The largest absolute Gasteiger partial charge is 0.466 e. The van der Waals surface area contributed by atoms with Gasteiger partial charge in [0.25, 0.3) is 0 Å². The SMILES string of the molecule is CC1CCC(=O)O1.CC1CCC(=O)OC1.CC1CCCC(=O)O1.CCCCOC(=O)CCC. The second kappa shape index (κ2) is 19.4. The first-order valence-corrected chi connectivity index (χ1v) is 12.4. The topological polar surface area (TPSA) is 105 Å². The summed E-state index contributed by atoms with van der Waals surface area (Å²) in [5.41, 5.74) is 0. The third-order valence-electron chi connectivity index (χ3n) is 5.00. The van der Waals surface area contributed by atoms with Crippen LogP contribution in [0.3, 0.4) is 0 Å². The Kier molecular flexibility index (Phi) is 18.1. The number of esters is 4. The van der Waals surface area contributed by atoms with Crippen LogP contribution in [0, 0.1) is 5.92 Å². The number of ether oxygens (including phenoxy) is 4. The lowest BCUT2D eigenvalue weighted by atomic mass is 10.1. The summed E-state index contributed by atoms with van der Waals surface area (Å²) in [6.07, 6.45) is 9.61. The van der Waals surface area contributed by atoms with Crippen LogP contribution in [-0.4, -0.2) is 49.3 Å². The van der Waals surface area contributed by atoms with Gasteiger partial charge in [0.1, 0.15) is 0 Å². The number of hydrogen-bond donors (Lipinski definition) is 0. The average molecular weight is 473 g/mol. The van der Waals surface area contributed by atoms with Gasteiger partial charge >= 0.3 is 23.9 Å². The Balaban J connectivity index is 0.000000416. The predicted molar refractivity (Wildman–Crippen MR) is 124 cm³/mol. The summed E-state index contributed by atoms with van der Waals surface area (Å²) in [6, 6.07) is 0. The Labute approximate surface area is 199 Å². The molecule has 0 aliphatic carbocycles. The summed E-state index contributed by atoms with van der Waals surface area (Å²) in [6.45, 7) is 11.2. The lowest BCUT2D eigenvalue weighted by Gasteiger charge is -2.17. The number of carbonyl (C=O) groups excluding carboxylic acids is 4. The molecule has 3 saturated heterocycles. The van der Waals surface area contributed by atoms with Gasteiger partial charge in [0.15, 0.2) is 0 Å². The van der Waals surface area contributed by atoms with Crippen LogP contribution in [0.2, 0.25) is 0 Å². The monoisotopic (exact) mass is 472 g/mol. The highest BCUT2D eigenvalue weighted by Crippen LogP contribution is 2.13. The fourth-order valence-electron chi connectivity index (χ4n) is 2.90. The van der Waals surface area contributed by atoms with E-state index in [2.05, 4.69) is 13.8 Å². The minimum Gasteiger partial charge on any atom is -0.466 e. The molecule has 0 saturated carbocycles. The van der Waals surface area contributed by atoms with Crippen molar-refractivity contribution >= 4 is 23.9 Å². The van der Waals surface area contributed by atoms with Crippen molar-refractivity contribution in [2.75, 3.05) is 13.2 Å². The van der Waals surface area contributed by atoms with E-state index < -0.39 is 0 Å². The Morgan fingerprint density at radius 3 is 1.82 bits per heavy atom. The van der Waals surface area contributed by atoms with Crippen LogP contribution in [0.1, 0.15) is 105 Å². The summed E-state index contributed by atoms with van der Waals surface area (Å²) in [4.78, 5) is 41.8. The molecule has 3 aliphatic heterocycles. The van der Waals surface area contributed by atoms with Crippen molar-refractivity contribution in [3.63, 3.8) is 0 Å². The molecule has 33 heavy (non-hydrogen) atoms. The lowest BCUT2D eigenvalue weighted by Crippen LogP contribution is -2.19. The van der Waals surface area contributed by atoms with Crippen LogP contribution < -0.4 is 0 Å². The molecule has 3 fully saturated rings. The van der Waals surface area contributed by atoms with Crippen LogP contribution >= 0.6 is 0 Å². The van der Waals surface area contributed by atoms with Crippen LogP contribution in [-0.2, 0) is 38.1 Å². The summed E-state index contributed by atoms with van der Waals surface area (Å²) in [7, 11) is 0. The second-order valence-corrected chi connectivity index (χ2v) is 8.68. The van der Waals surface area contributed by atoms with Crippen molar-refractivity contribution in [1.82, 2.24) is 0 Å². The van der Waals surface area contributed by atoms with Gasteiger partial charge in [-0.2, -0.15) is 0 Å². The van der Waals surface area contributed by atoms with E-state index in [0.717, 1.165) is 44.9 Å². The maximum atomic E-state index is 10.7. The van der Waals surface area contributed by atoms with Gasteiger partial charge in [0.05, 0.1) is 25.4 Å². The smallest absolute Gasteiger partial charge is 0.306 e. The molecule has 3 rings (SSSR count). The molecule has 0 aromatic rings. The van der Waals surface area contributed by atoms with Gasteiger partial charge in [-0.05, 0) is 58.3 Å². The van der Waals surface area contributed by atoms with E-state index in [9.17, 15) is 19.2 Å². The zero-order chi connectivity index (χ0) is 25.1. The molecule has 3 heterocycles. The molecule has 0 aromatic carbocycles. The summed E-state index contributed by atoms with van der Waals surface area (Å²) in [5, 5.41) is 0. The van der Waals surface area contributed by atoms with Crippen LogP contribution in [0.4, 0.5) is 0 Å². The van der Waals surface area contributed by atoms with E-state index in [-0.39, 0.29) is 36.1 Å². The Hall–Kier alpha value is -2.12. The van der Waals surface area contributed by atoms with Crippen molar-refractivity contribution in [2.24, 2.45) is 5.92 Å². The third-order valence-corrected chi connectivity index (χ3v) is 5.00. The molecule has 0 radical (unpaired) electrons. The lowest BCUT2D eigenvalue weighted by molar-refractivity contribution is -0.152. The van der Waals surface area contributed by atoms with Crippen molar-refractivity contribution < 1.29 is 38.1 Å². The van der Waals surface area contributed by atoms with Gasteiger partial charge in [0.2, 0.25) is 0 Å². The van der Waals surface area contributed by atoms with Crippen molar-refractivity contribution in [3.8, 4) is 0 Å². The molecule has 0 N–H and O–H groups in total. The highest BCUT2D eigenvalue weighted by molar-refractivity contribution is 5.71. The van der Waals surface area contributed by atoms with Gasteiger partial charge in [-0.25, -0.2) is 0 Å². The van der Waals surface area contributed by atoms with Crippen LogP contribution in [0.25, 0.3) is 0 Å². The maximum absolute atomic E-state index is 10.7. The molecule has 8 nitrogen and oxygen atoms in total. The number of rotatable bonds is 5. The van der Waals surface area contributed by atoms with Crippen LogP contribution in [0.5, 0.6) is 0 Å². The minimum atomic E-state index is -0.0593. The molecule has 3 aliphatic rings. The fourth-order valence-corrected chi connectivity index (χ4v) is 2.90. The molecule has 0 amide bonds. The zero-order valence-corrected chi connectivity index (χ0v) is 21.2. The Morgan fingerprint density at radius 1 is 0.848 bits per heavy atom. The van der Waals surface area contributed by atoms with E-state index in [4.69, 9.17) is 18.9 Å². The standard InChI is InChI=1S/C8H16O2.2C6H10O2.C5H8O2/c1-3-5-7-10-8(9)6-4-2;1-5-2-3-6(7)8-4-5;1-5-3-2-4-6(7)8-5;1-4-2-3-5(6)7-4/h3-7H2,1-2H3;2*5H,2-4H2,1H3;4H,2-3H2,1H3. The van der Waals surface area contributed by atoms with Crippen molar-refractivity contribution in [2.45, 2.75) is 117 Å². The highest BCUT2D eigenvalue weighted by Gasteiger charge is 2.17. The predicted octanol–water partition coefficient (Wildman–Crippen LogP) is 4.90. The van der Waals surface area contributed by atoms with Gasteiger partial charge < -0.3 is 18.9 Å². The summed E-state index contributed by atoms with van der Waals surface area (Å²) < 4.78 is 19.2. The molecule has 3 atom stereocenters. The molecule has 8 heteroatoms. The quantitative estimate of drug-likeness (QED) is 0.316. The first kappa shape index (κ1) is 30.9. The number of hydrogen-bond acceptors (Lipinski definition) is 8. The maximum Gasteiger partial charge on any atom is 0.306 e. The van der Waals surface area contributed by atoms with E-state index in [1.165, 1.54) is 0 Å². The summed E-state index contributed by atoms with van der Waals surface area (Å²) >= 11 is 0. The second-order valence-electron chi connectivity index (χ2n) is 8.68. The first-order valence-electron chi connectivity index (χ1n) is 12.4. The van der Waals surface area contributed by atoms with Crippen molar-refractivity contribution in [3.05, 3.63) is 0 Å². The number of cyclic esters (lactones) is 3. The number of carbonyl (C=O) groups is 4. The summed E-state index contributed by atoms with van der Waals surface area (Å²) in [5.74, 6) is 0.392. The van der Waals surface area contributed by atoms with Gasteiger partial charge in [-0.1, -0.05) is 27.2 Å². The van der Waals surface area contributed by atoms with Gasteiger partial charge in [0, 0.05) is 25.7 Å². The van der Waals surface area contributed by atoms with Gasteiger partial charge in [-0.15, -0.1) is 0 Å². The van der Waals surface area contributed by atoms with Gasteiger partial charge in [-0.3, -0.25) is 19.2 Å². The van der Waals surface area contributed by atoms with E-state index in [0.29, 0.717) is 44.8 Å². The molecular formula is C25H44O8. The van der Waals surface area contributed by atoms with E-state index in [1.54, 1.807) is 0 Å². The van der Waals surface area contributed by atoms with E-state index in [1.807, 2.05) is 20.8 Å². The number of unbranched alkanes of at least 4 members (excludes halogenated alkanes) is 1. The molecule has 3 unspecified atom stereocenters. The first-order chi connectivity index (χ1) is 15.7. The fraction of sp³-hybridized carbons (Fsp3) is 0.840. The molecule has 0 bridgehead atoms. The van der Waals surface area contributed by atoms with Crippen molar-refractivity contribution in [1.29, 1.82) is 0 Å². The minimum absolute atomic E-state index is 0.0382. The zero-order valence-electron chi connectivity index (χ0n) is 21.2. The molecular weight excluding hydrogens is 428 g/mol. The molecule has 192 valence electrons. The molecule has 0 aromatic heterocycles. The van der Waals surface area contributed by atoms with E-state index >= 15 is 0 Å². The third kappa shape index (κ3) is 19.1. The van der Waals surface area contributed by atoms with Crippen LogP contribution in [0.15, 0.2) is 0 Å². The Morgan fingerprint density at radius 2 is 1.45 bits per heavy atom. The average Bonchev–Trinajstić information content (AvgIpc) is 3.14. The molecule has 0 spiro atoms. The normalized spacial score (nSPS) is 23.7. The highest BCUT2D eigenvalue weighted by atomic mass is 16.6.